The molecular weight excluding hydrogens is 1640 g/mol. The molecule has 4 heterocycles. The van der Waals surface area contributed by atoms with E-state index < -0.39 is 0 Å². The third-order valence-electron chi connectivity index (χ3n) is 22.2. The molecule has 0 aliphatic carbocycles. The van der Waals surface area contributed by atoms with Gasteiger partial charge in [0.25, 0.3) is 0 Å². The Labute approximate surface area is 728 Å². The quantitative estimate of drug-likeness (QED) is 0.0941. The van der Waals surface area contributed by atoms with E-state index in [2.05, 4.69) is 459 Å². The fourth-order valence-electron chi connectivity index (χ4n) is 16.1. The van der Waals surface area contributed by atoms with Crippen molar-refractivity contribution < 1.29 is 13.3 Å². The minimum absolute atomic E-state index is 0.912. The van der Waals surface area contributed by atoms with E-state index in [0.29, 0.717) is 0 Å². The first-order valence-electron chi connectivity index (χ1n) is 40.6. The highest BCUT2D eigenvalue weighted by Gasteiger charge is 2.20. The van der Waals surface area contributed by atoms with Gasteiger partial charge in [-0.25, -0.2) is 0 Å². The first kappa shape index (κ1) is 75.9. The topological polar surface area (TPSA) is 70.0 Å². The van der Waals surface area contributed by atoms with Crippen molar-refractivity contribution in [1.82, 2.24) is 0 Å². The number of benzene rings is 18. The number of anilines is 10. The fourth-order valence-corrected chi connectivity index (χ4v) is 17.7. The second-order valence-corrected chi connectivity index (χ2v) is 32.8. The minimum atomic E-state index is 0.912. The Morgan fingerprint density at radius 1 is 0.189 bits per heavy atom. The average molecular weight is 1720 g/mol. The minimum Gasteiger partial charge on any atom is -0.455 e. The molecule has 22 aromatic rings. The molecule has 0 saturated heterocycles. The van der Waals surface area contributed by atoms with Crippen molar-refractivity contribution in [2.75, 3.05) is 20.4 Å². The number of hydrogen-bond acceptors (Lipinski definition) is 8. The lowest BCUT2D eigenvalue weighted by Gasteiger charge is -2.26. The van der Waals surface area contributed by atoms with Crippen LogP contribution in [0.5, 0.6) is 0 Å². The van der Waals surface area contributed by atoms with Crippen LogP contribution in [0.25, 0.3) is 142 Å². The molecule has 0 radical (unpaired) electrons. The number of fused-ring (bicyclic) bond motifs is 9. The molecule has 0 amide bonds. The van der Waals surface area contributed by atoms with E-state index in [9.17, 15) is 0 Å². The molecule has 0 spiro atoms. The van der Waals surface area contributed by atoms with Crippen molar-refractivity contribution in [3.05, 3.63) is 458 Å². The van der Waals surface area contributed by atoms with Crippen LogP contribution < -0.4 is 20.4 Å². The lowest BCUT2D eigenvalue weighted by molar-refractivity contribution is 0.669. The third-order valence-corrected chi connectivity index (χ3v) is 24.5. The van der Waals surface area contributed by atoms with Gasteiger partial charge in [-0.15, -0.1) is 11.3 Å². The van der Waals surface area contributed by atoms with Crippen LogP contribution in [-0.2, 0) is 0 Å². The Hall–Kier alpha value is -14.8. The van der Waals surface area contributed by atoms with Crippen molar-refractivity contribution in [2.45, 2.75) is 0 Å². The molecule has 4 aromatic heterocycles. The van der Waals surface area contributed by atoms with E-state index in [4.69, 9.17) is 13.3 Å². The van der Waals surface area contributed by atoms with Gasteiger partial charge in [-0.1, -0.05) is 305 Å². The summed E-state index contributed by atoms with van der Waals surface area (Å²) in [6.45, 7) is 0. The number of nitrogens with one attached hydrogen (secondary N) is 2. The molecule has 122 heavy (non-hydrogen) atoms. The smallest absolute Gasteiger partial charge is 0.143 e. The van der Waals surface area contributed by atoms with Gasteiger partial charge < -0.3 is 33.7 Å². The number of hydrogen-bond donors (Lipinski definition) is 2. The van der Waals surface area contributed by atoms with Gasteiger partial charge in [0.15, 0.2) is 0 Å². The SMILES string of the molecule is Brc1ccc(-c2ccc(N(c3ccccc3)c3ccc(-c4cccc5c4oc4ccccc45)cc3)cc2)cc1.Brc1ccc(N(c2ccccc2)c2ccc(-c3ccc(-c4ccccc4)s3)cc2)cc1.c1ccc2c(c1)oc1c(-c3ccc(Nc4ccc(-c5ccc(Nc6ccc(-c7cccc8c7oc7ccccc78)cc6)cc5)cc4)cc3)cccc12. The Bertz CT molecular complexity index is 7190. The highest BCUT2D eigenvalue weighted by molar-refractivity contribution is 9.10. The Morgan fingerprint density at radius 3 is 0.770 bits per heavy atom. The maximum absolute atomic E-state index is 6.30. The molecule has 0 unspecified atom stereocenters. The van der Waals surface area contributed by atoms with Gasteiger partial charge in [0.05, 0.1) is 0 Å². The summed E-state index contributed by atoms with van der Waals surface area (Å²) in [5.41, 5.74) is 30.2. The monoisotopic (exact) mass is 1710 g/mol. The van der Waals surface area contributed by atoms with Gasteiger partial charge in [-0.2, -0.15) is 0 Å². The van der Waals surface area contributed by atoms with Gasteiger partial charge in [0.2, 0.25) is 0 Å². The number of rotatable bonds is 17. The van der Waals surface area contributed by atoms with Gasteiger partial charge in [-0.3, -0.25) is 0 Å². The molecular formula is C112H76Br2N4O3S. The van der Waals surface area contributed by atoms with Crippen LogP contribution in [0.2, 0.25) is 0 Å². The van der Waals surface area contributed by atoms with E-state index >= 15 is 0 Å². The molecule has 18 aromatic carbocycles. The van der Waals surface area contributed by atoms with Gasteiger partial charge in [0.1, 0.15) is 33.5 Å². The Kier molecular flexibility index (Phi) is 21.3. The van der Waals surface area contributed by atoms with Gasteiger partial charge in [0, 0.05) is 125 Å². The van der Waals surface area contributed by atoms with E-state index in [1.54, 1.807) is 0 Å². The van der Waals surface area contributed by atoms with Crippen molar-refractivity contribution in [3.8, 4) is 76.5 Å². The summed E-state index contributed by atoms with van der Waals surface area (Å²) < 4.78 is 21.0. The normalized spacial score (nSPS) is 11.2. The van der Waals surface area contributed by atoms with Crippen molar-refractivity contribution >= 4 is 166 Å². The van der Waals surface area contributed by atoms with Gasteiger partial charge in [-0.05, 0) is 226 Å². The molecule has 0 aliphatic rings. The molecule has 2 N–H and O–H groups in total. The molecule has 0 aliphatic heterocycles. The zero-order valence-corrected chi connectivity index (χ0v) is 70.0. The molecule has 10 heteroatoms. The molecule has 582 valence electrons. The lowest BCUT2D eigenvalue weighted by atomic mass is 10.0. The second kappa shape index (κ2) is 34.3. The van der Waals surface area contributed by atoms with E-state index in [0.717, 1.165) is 176 Å². The van der Waals surface area contributed by atoms with Crippen LogP contribution in [0.4, 0.5) is 56.9 Å². The molecule has 0 fully saturated rings. The Morgan fingerprint density at radius 2 is 0.426 bits per heavy atom. The van der Waals surface area contributed by atoms with Crippen molar-refractivity contribution in [3.63, 3.8) is 0 Å². The zero-order chi connectivity index (χ0) is 81.7. The molecule has 0 saturated carbocycles. The zero-order valence-electron chi connectivity index (χ0n) is 66.0. The van der Waals surface area contributed by atoms with Crippen molar-refractivity contribution in [2.24, 2.45) is 0 Å². The van der Waals surface area contributed by atoms with E-state index in [1.165, 1.54) is 32.0 Å². The largest absolute Gasteiger partial charge is 0.455 e. The standard InChI is InChI=1S/C48H32N2O2.C36H24BrNO.C28H20BrNS/c1-3-13-45-41(7-1)43-11-5-9-39(47(43)51-45)33-19-27-37(28-20-33)49-35-23-15-31(16-24-35)32-17-25-36(26-18-32)50-38-29-21-34(22-30-38)40-10-6-12-44-42-8-2-4-14-46(42)52-48(40)44;37-28-19-13-25(14-20-28)26-15-21-30(22-16-26)38(29-7-2-1-3-8-29)31-23-17-27(18-24-31)32-10-6-11-34-33-9-4-5-12-35(33)39-36(32)34;29-23-13-17-26(18-14-23)30(24-9-5-2-6-10-24)25-15-11-22(12-16-25)28-20-19-27(31-28)21-7-3-1-4-8-21/h1-30,49-50H;1-24H;1-20H. The van der Waals surface area contributed by atoms with Crippen LogP contribution in [0.3, 0.4) is 0 Å². The molecule has 22 rings (SSSR count). The summed E-state index contributed by atoms with van der Waals surface area (Å²) in [5, 5.41) is 13.9. The third kappa shape index (κ3) is 16.0. The van der Waals surface area contributed by atoms with Crippen LogP contribution in [0, 0.1) is 0 Å². The van der Waals surface area contributed by atoms with Crippen LogP contribution in [-0.4, -0.2) is 0 Å². The summed E-state index contributed by atoms with van der Waals surface area (Å²) in [6, 6.07) is 157. The molecule has 0 bridgehead atoms. The van der Waals surface area contributed by atoms with E-state index in [-0.39, 0.29) is 0 Å². The Balaban J connectivity index is 0.000000121. The van der Waals surface area contributed by atoms with E-state index in [1.807, 2.05) is 53.8 Å². The summed E-state index contributed by atoms with van der Waals surface area (Å²) in [4.78, 5) is 7.14. The van der Waals surface area contributed by atoms with Crippen molar-refractivity contribution in [1.29, 1.82) is 0 Å². The first-order valence-corrected chi connectivity index (χ1v) is 43.0. The highest BCUT2D eigenvalue weighted by Crippen LogP contribution is 2.45. The summed E-state index contributed by atoms with van der Waals surface area (Å²) in [7, 11) is 0. The number of para-hydroxylation sites is 8. The number of halogens is 2. The maximum atomic E-state index is 6.30. The molecule has 7 nitrogen and oxygen atoms in total. The average Bonchev–Trinajstić information content (AvgIpc) is 1.61. The summed E-state index contributed by atoms with van der Waals surface area (Å²) in [5.74, 6) is 0. The maximum Gasteiger partial charge on any atom is 0.143 e. The fraction of sp³-hybridized carbons (Fsp3) is 0. The first-order chi connectivity index (χ1) is 60.2. The highest BCUT2D eigenvalue weighted by atomic mass is 79.9. The number of furan rings is 3. The van der Waals surface area contributed by atoms with Crippen LogP contribution in [0.1, 0.15) is 0 Å². The predicted octanol–water partition coefficient (Wildman–Crippen LogP) is 34.4. The summed E-state index contributed by atoms with van der Waals surface area (Å²) in [6.07, 6.45) is 0. The summed E-state index contributed by atoms with van der Waals surface area (Å²) >= 11 is 8.90. The predicted molar refractivity (Wildman–Crippen MR) is 521 cm³/mol. The number of thiophene rings is 1. The van der Waals surface area contributed by atoms with Crippen LogP contribution >= 0.6 is 43.2 Å². The second-order valence-electron chi connectivity index (χ2n) is 29.9. The number of nitrogens with zero attached hydrogens (tertiary/aromatic N) is 2. The lowest BCUT2D eigenvalue weighted by Crippen LogP contribution is -2.09. The molecule has 0 atom stereocenters. The van der Waals surface area contributed by atoms with Gasteiger partial charge >= 0.3 is 0 Å². The van der Waals surface area contributed by atoms with Crippen LogP contribution in [0.15, 0.2) is 471 Å².